The van der Waals surface area contributed by atoms with Crippen LogP contribution in [0.25, 0.3) is 0 Å². The number of nitrogens with one attached hydrogen (secondary N) is 1. The summed E-state index contributed by atoms with van der Waals surface area (Å²) in [5, 5.41) is 12.1. The van der Waals surface area contributed by atoms with Gasteiger partial charge in [0.15, 0.2) is 0 Å². The van der Waals surface area contributed by atoms with Crippen LogP contribution in [0.3, 0.4) is 0 Å². The van der Waals surface area contributed by atoms with Gasteiger partial charge in [0.05, 0.1) is 22.0 Å². The van der Waals surface area contributed by atoms with Crippen molar-refractivity contribution < 1.29 is 14.7 Å². The topological polar surface area (TPSA) is 66.4 Å². The number of carbonyl (C=O) groups is 2. The van der Waals surface area contributed by atoms with Gasteiger partial charge in [-0.15, -0.1) is 0 Å². The first-order valence-electron chi connectivity index (χ1n) is 6.09. The average Bonchev–Trinajstić information content (AvgIpc) is 2.25. The summed E-state index contributed by atoms with van der Waals surface area (Å²) in [4.78, 5) is 23.2. The van der Waals surface area contributed by atoms with Crippen molar-refractivity contribution in [2.75, 3.05) is 0 Å². The molecule has 20 heavy (non-hydrogen) atoms. The summed E-state index contributed by atoms with van der Waals surface area (Å²) >= 11 is 11.9. The first-order valence-corrected chi connectivity index (χ1v) is 6.85. The maximum atomic E-state index is 12.3. The van der Waals surface area contributed by atoms with Crippen LogP contribution in [0, 0.1) is 5.41 Å². The van der Waals surface area contributed by atoms with Crippen LogP contribution in [-0.4, -0.2) is 23.0 Å². The fraction of sp³-hybridized carbons (Fsp3) is 0.429. The molecule has 0 aliphatic rings. The molecule has 2 N–H and O–H groups in total. The minimum atomic E-state index is -0.976. The van der Waals surface area contributed by atoms with Crippen LogP contribution in [0.1, 0.15) is 37.6 Å². The van der Waals surface area contributed by atoms with Crippen LogP contribution in [0.4, 0.5) is 0 Å². The van der Waals surface area contributed by atoms with E-state index in [9.17, 15) is 9.59 Å². The summed E-state index contributed by atoms with van der Waals surface area (Å²) in [6.45, 7) is 5.57. The van der Waals surface area contributed by atoms with Gasteiger partial charge in [0.2, 0.25) is 0 Å². The van der Waals surface area contributed by atoms with Gasteiger partial charge >= 0.3 is 5.97 Å². The Morgan fingerprint density at radius 1 is 1.25 bits per heavy atom. The van der Waals surface area contributed by atoms with Gasteiger partial charge in [-0.2, -0.15) is 0 Å². The summed E-state index contributed by atoms with van der Waals surface area (Å²) < 4.78 is 0. The number of amides is 1. The normalized spacial score (nSPS) is 12.8. The van der Waals surface area contributed by atoms with E-state index in [0.717, 1.165) is 0 Å². The van der Waals surface area contributed by atoms with Crippen LogP contribution in [0.15, 0.2) is 18.2 Å². The van der Waals surface area contributed by atoms with Gasteiger partial charge < -0.3 is 10.4 Å². The second-order valence-corrected chi connectivity index (χ2v) is 6.40. The minimum absolute atomic E-state index is 0.162. The van der Waals surface area contributed by atoms with Crippen molar-refractivity contribution in [2.24, 2.45) is 5.41 Å². The largest absolute Gasteiger partial charge is 0.481 e. The maximum absolute atomic E-state index is 12.3. The number of rotatable bonds is 4. The Balaban J connectivity index is 3.00. The summed E-state index contributed by atoms with van der Waals surface area (Å²) in [6.07, 6.45) is -0.169. The van der Waals surface area contributed by atoms with E-state index in [-0.39, 0.29) is 22.0 Å². The van der Waals surface area contributed by atoms with E-state index in [1.54, 1.807) is 18.2 Å². The first kappa shape index (κ1) is 16.8. The minimum Gasteiger partial charge on any atom is -0.481 e. The van der Waals surface area contributed by atoms with E-state index in [1.165, 1.54) is 0 Å². The Morgan fingerprint density at radius 3 is 2.15 bits per heavy atom. The molecule has 0 spiro atoms. The van der Waals surface area contributed by atoms with Gasteiger partial charge in [-0.05, 0) is 17.5 Å². The quantitative estimate of drug-likeness (QED) is 0.891. The Labute approximate surface area is 128 Å². The van der Waals surface area contributed by atoms with Crippen molar-refractivity contribution in [3.05, 3.63) is 33.8 Å². The molecule has 110 valence electrons. The maximum Gasteiger partial charge on any atom is 0.305 e. The van der Waals surface area contributed by atoms with E-state index in [0.29, 0.717) is 0 Å². The molecule has 0 radical (unpaired) electrons. The third-order valence-electron chi connectivity index (χ3n) is 2.92. The Hall–Kier alpha value is -1.26. The molecule has 0 saturated carbocycles. The van der Waals surface area contributed by atoms with Gasteiger partial charge in [0.25, 0.3) is 5.91 Å². The summed E-state index contributed by atoms with van der Waals surface area (Å²) in [5.74, 6) is -1.45. The number of hydrogen-bond acceptors (Lipinski definition) is 2. The molecule has 0 aliphatic carbocycles. The number of aliphatic carboxylic acids is 1. The summed E-state index contributed by atoms with van der Waals surface area (Å²) in [5.41, 5.74) is -0.239. The zero-order valence-electron chi connectivity index (χ0n) is 11.5. The number of benzene rings is 1. The summed E-state index contributed by atoms with van der Waals surface area (Å²) in [7, 11) is 0. The van der Waals surface area contributed by atoms with E-state index in [2.05, 4.69) is 5.32 Å². The van der Waals surface area contributed by atoms with Gasteiger partial charge in [0.1, 0.15) is 0 Å². The molecule has 0 aromatic heterocycles. The fourth-order valence-corrected chi connectivity index (χ4v) is 2.26. The average molecular weight is 318 g/mol. The second kappa shape index (κ2) is 6.46. The highest BCUT2D eigenvalue weighted by Crippen LogP contribution is 2.26. The highest BCUT2D eigenvalue weighted by atomic mass is 35.5. The zero-order valence-corrected chi connectivity index (χ0v) is 13.0. The number of carboxylic acid groups (broad SMARTS) is 1. The number of carboxylic acids is 1. The predicted octanol–water partition coefficient (Wildman–Crippen LogP) is 3.61. The third-order valence-corrected chi connectivity index (χ3v) is 3.55. The lowest BCUT2D eigenvalue weighted by Gasteiger charge is -2.30. The monoisotopic (exact) mass is 317 g/mol. The van der Waals surface area contributed by atoms with Crippen molar-refractivity contribution in [2.45, 2.75) is 33.2 Å². The molecule has 0 heterocycles. The molecule has 4 nitrogen and oxygen atoms in total. The Kier molecular flexibility index (Phi) is 5.42. The van der Waals surface area contributed by atoms with Gasteiger partial charge in [-0.3, -0.25) is 9.59 Å². The highest BCUT2D eigenvalue weighted by molar-refractivity contribution is 6.39. The molecule has 1 atom stereocenters. The molecule has 1 rings (SSSR count). The van der Waals surface area contributed by atoms with Crippen molar-refractivity contribution in [3.8, 4) is 0 Å². The number of carbonyl (C=O) groups excluding carboxylic acids is 1. The molecule has 0 bridgehead atoms. The van der Waals surface area contributed by atoms with E-state index >= 15 is 0 Å². The van der Waals surface area contributed by atoms with E-state index in [1.807, 2.05) is 20.8 Å². The molecule has 1 amide bonds. The van der Waals surface area contributed by atoms with Gasteiger partial charge in [0, 0.05) is 6.04 Å². The molecule has 0 aliphatic heterocycles. The lowest BCUT2D eigenvalue weighted by Crippen LogP contribution is -2.45. The standard InChI is InChI=1S/C14H17Cl2NO3/c1-14(2,3)10(7-11(18)19)17-13(20)12-8(15)5-4-6-9(12)16/h4-6,10H,7H2,1-3H3,(H,17,20)(H,18,19). The molecule has 6 heteroatoms. The zero-order chi connectivity index (χ0) is 15.5. The Morgan fingerprint density at radius 2 is 1.75 bits per heavy atom. The van der Waals surface area contributed by atoms with Crippen LogP contribution >= 0.6 is 23.2 Å². The number of halogens is 2. The molecule has 0 saturated heterocycles. The highest BCUT2D eigenvalue weighted by Gasteiger charge is 2.29. The molecule has 1 aromatic carbocycles. The van der Waals surface area contributed by atoms with Crippen LogP contribution in [0.2, 0.25) is 10.0 Å². The lowest BCUT2D eigenvalue weighted by molar-refractivity contribution is -0.138. The van der Waals surface area contributed by atoms with Crippen LogP contribution < -0.4 is 5.32 Å². The lowest BCUT2D eigenvalue weighted by atomic mass is 9.84. The van der Waals surface area contributed by atoms with Crippen molar-refractivity contribution in [1.29, 1.82) is 0 Å². The van der Waals surface area contributed by atoms with Crippen molar-refractivity contribution in [1.82, 2.24) is 5.32 Å². The third kappa shape index (κ3) is 4.39. The smallest absolute Gasteiger partial charge is 0.305 e. The molecular formula is C14H17Cl2NO3. The second-order valence-electron chi connectivity index (χ2n) is 5.59. The van der Waals surface area contributed by atoms with Crippen molar-refractivity contribution in [3.63, 3.8) is 0 Å². The van der Waals surface area contributed by atoms with Gasteiger partial charge in [-0.1, -0.05) is 50.0 Å². The summed E-state index contributed by atoms with van der Waals surface area (Å²) in [6, 6.07) is 4.23. The number of hydrogen-bond donors (Lipinski definition) is 2. The van der Waals surface area contributed by atoms with Crippen LogP contribution in [0.5, 0.6) is 0 Å². The Bertz CT molecular complexity index is 503. The van der Waals surface area contributed by atoms with Crippen LogP contribution in [-0.2, 0) is 4.79 Å². The SMILES string of the molecule is CC(C)(C)C(CC(=O)O)NC(=O)c1c(Cl)cccc1Cl. The molecule has 0 fully saturated rings. The van der Waals surface area contributed by atoms with Gasteiger partial charge in [-0.25, -0.2) is 0 Å². The predicted molar refractivity (Wildman–Crippen MR) is 79.4 cm³/mol. The van der Waals surface area contributed by atoms with E-state index in [4.69, 9.17) is 28.3 Å². The molecule has 1 aromatic rings. The first-order chi connectivity index (χ1) is 9.12. The fourth-order valence-electron chi connectivity index (χ4n) is 1.69. The van der Waals surface area contributed by atoms with Crippen molar-refractivity contribution >= 4 is 35.1 Å². The van der Waals surface area contributed by atoms with E-state index < -0.39 is 23.3 Å². The molecular weight excluding hydrogens is 301 g/mol. The molecule has 1 unspecified atom stereocenters.